The van der Waals surface area contributed by atoms with Crippen LogP contribution in [0.2, 0.25) is 5.02 Å². The number of anilines is 1. The van der Waals surface area contributed by atoms with Crippen LogP contribution in [0.15, 0.2) is 76.1 Å². The van der Waals surface area contributed by atoms with Crippen molar-refractivity contribution in [3.05, 3.63) is 87.4 Å². The first-order chi connectivity index (χ1) is 19.1. The van der Waals surface area contributed by atoms with Crippen molar-refractivity contribution in [2.45, 2.75) is 57.6 Å². The van der Waals surface area contributed by atoms with Crippen molar-refractivity contribution in [1.29, 1.82) is 0 Å². The van der Waals surface area contributed by atoms with Gasteiger partial charge in [0.2, 0.25) is 11.8 Å². The Morgan fingerprint density at radius 1 is 1.05 bits per heavy atom. The van der Waals surface area contributed by atoms with Crippen LogP contribution < -0.4 is 14.4 Å². The molecule has 0 radical (unpaired) electrons. The molecule has 220 valence electrons. The molecule has 0 aliphatic heterocycles. The van der Waals surface area contributed by atoms with Crippen molar-refractivity contribution in [2.24, 2.45) is 0 Å². The fraction of sp³-hybridized carbons (Fsp3) is 0.333. The monoisotopic (exact) mass is 663 g/mol. The molecule has 3 aromatic carbocycles. The summed E-state index contributed by atoms with van der Waals surface area (Å²) in [5, 5.41) is 3.10. The van der Waals surface area contributed by atoms with Gasteiger partial charge in [0.15, 0.2) is 0 Å². The maximum absolute atomic E-state index is 14.0. The Labute approximate surface area is 255 Å². The highest BCUT2D eigenvalue weighted by molar-refractivity contribution is 9.10. The van der Waals surface area contributed by atoms with Gasteiger partial charge in [-0.1, -0.05) is 57.4 Å². The van der Waals surface area contributed by atoms with E-state index >= 15 is 0 Å². The molecule has 0 spiro atoms. The molecule has 0 aromatic heterocycles. The van der Waals surface area contributed by atoms with Gasteiger partial charge < -0.3 is 15.0 Å². The Morgan fingerprint density at radius 3 is 2.27 bits per heavy atom. The van der Waals surface area contributed by atoms with Crippen molar-refractivity contribution in [3.63, 3.8) is 0 Å². The molecule has 1 N–H and O–H groups in total. The Kier molecular flexibility index (Phi) is 10.5. The van der Waals surface area contributed by atoms with Crippen molar-refractivity contribution in [1.82, 2.24) is 10.2 Å². The number of methoxy groups -OCH3 is 1. The van der Waals surface area contributed by atoms with Crippen LogP contribution in [-0.2, 0) is 26.2 Å². The zero-order valence-electron chi connectivity index (χ0n) is 23.9. The predicted octanol–water partition coefficient (Wildman–Crippen LogP) is 5.95. The van der Waals surface area contributed by atoms with Crippen LogP contribution in [0.3, 0.4) is 0 Å². The van der Waals surface area contributed by atoms with Gasteiger partial charge in [0, 0.05) is 16.6 Å². The third kappa shape index (κ3) is 8.47. The van der Waals surface area contributed by atoms with E-state index in [4.69, 9.17) is 16.3 Å². The average molecular weight is 665 g/mol. The molecule has 11 heteroatoms. The molecule has 0 saturated carbocycles. The molecule has 0 aliphatic carbocycles. The standard InChI is InChI=1S/C30H35BrClN3O5S/c1-20-10-13-25(14-11-20)41(38,39)35(24-12-15-27(40-6)26(32)17-24)19-28(36)34(18-22-8-7-9-23(31)16-22)21(2)29(37)33-30(3,4)5/h7-17,21H,18-19H2,1-6H3,(H,33,37)/t21-/m0/s1. The molecule has 2 amide bonds. The number of hydrogen-bond acceptors (Lipinski definition) is 5. The number of hydrogen-bond donors (Lipinski definition) is 1. The Hall–Kier alpha value is -3.08. The third-order valence-corrected chi connectivity index (χ3v) is 8.80. The van der Waals surface area contributed by atoms with Crippen LogP contribution in [-0.4, -0.2) is 50.4 Å². The van der Waals surface area contributed by atoms with Gasteiger partial charge in [0.1, 0.15) is 18.3 Å². The maximum atomic E-state index is 14.0. The van der Waals surface area contributed by atoms with E-state index in [1.54, 1.807) is 25.1 Å². The first-order valence-electron chi connectivity index (χ1n) is 12.9. The van der Waals surface area contributed by atoms with Crippen LogP contribution in [0.1, 0.15) is 38.8 Å². The molecule has 0 fully saturated rings. The van der Waals surface area contributed by atoms with Gasteiger partial charge >= 0.3 is 0 Å². The summed E-state index contributed by atoms with van der Waals surface area (Å²) in [6.07, 6.45) is 0. The zero-order chi connectivity index (χ0) is 30.5. The highest BCUT2D eigenvalue weighted by Gasteiger charge is 2.33. The van der Waals surface area contributed by atoms with Gasteiger partial charge in [-0.3, -0.25) is 13.9 Å². The Bertz CT molecular complexity index is 1510. The lowest BCUT2D eigenvalue weighted by atomic mass is 10.1. The number of aryl methyl sites for hydroxylation is 1. The van der Waals surface area contributed by atoms with Crippen molar-refractivity contribution in [2.75, 3.05) is 18.0 Å². The molecule has 3 aromatic rings. The molecular formula is C30H35BrClN3O5S. The third-order valence-electron chi connectivity index (χ3n) is 6.22. The minimum absolute atomic E-state index is 0.0138. The zero-order valence-corrected chi connectivity index (χ0v) is 27.1. The quantitative estimate of drug-likeness (QED) is 0.289. The number of carbonyl (C=O) groups is 2. The Morgan fingerprint density at radius 2 is 1.71 bits per heavy atom. The molecule has 0 heterocycles. The average Bonchev–Trinajstić information content (AvgIpc) is 2.89. The molecule has 0 unspecified atom stereocenters. The summed E-state index contributed by atoms with van der Waals surface area (Å²) < 4.78 is 35.0. The molecule has 0 saturated heterocycles. The largest absolute Gasteiger partial charge is 0.495 e. The molecule has 8 nitrogen and oxygen atoms in total. The Balaban J connectivity index is 2.08. The molecular weight excluding hydrogens is 630 g/mol. The lowest BCUT2D eigenvalue weighted by Crippen LogP contribution is -2.54. The van der Waals surface area contributed by atoms with Crippen LogP contribution in [0, 0.1) is 6.92 Å². The van der Waals surface area contributed by atoms with Crippen LogP contribution in [0.25, 0.3) is 0 Å². The summed E-state index contributed by atoms with van der Waals surface area (Å²) in [5.41, 5.74) is 1.30. The number of benzene rings is 3. The predicted molar refractivity (Wildman–Crippen MR) is 166 cm³/mol. The van der Waals surface area contributed by atoms with E-state index in [1.165, 1.54) is 36.3 Å². The van der Waals surface area contributed by atoms with Crippen molar-refractivity contribution >= 4 is 55.1 Å². The fourth-order valence-electron chi connectivity index (χ4n) is 4.07. The number of nitrogens with one attached hydrogen (secondary N) is 1. The summed E-state index contributed by atoms with van der Waals surface area (Å²) in [6.45, 7) is 8.54. The van der Waals surface area contributed by atoms with Gasteiger partial charge in [-0.15, -0.1) is 0 Å². The number of carbonyl (C=O) groups excluding carboxylic acids is 2. The molecule has 0 bridgehead atoms. The summed E-state index contributed by atoms with van der Waals surface area (Å²) in [7, 11) is -2.76. The summed E-state index contributed by atoms with van der Waals surface area (Å²) in [6, 6.07) is 17.3. The summed E-state index contributed by atoms with van der Waals surface area (Å²) in [5.74, 6) is -0.566. The summed E-state index contributed by atoms with van der Waals surface area (Å²) >= 11 is 9.81. The first-order valence-corrected chi connectivity index (χ1v) is 15.5. The minimum atomic E-state index is -4.21. The van der Waals surface area contributed by atoms with Gasteiger partial charge in [-0.05, 0) is 82.6 Å². The van der Waals surface area contributed by atoms with Gasteiger partial charge in [0.05, 0.1) is 22.7 Å². The number of nitrogens with zero attached hydrogens (tertiary/aromatic N) is 2. The van der Waals surface area contributed by atoms with E-state index in [0.29, 0.717) is 5.75 Å². The van der Waals surface area contributed by atoms with Gasteiger partial charge in [0.25, 0.3) is 10.0 Å². The van der Waals surface area contributed by atoms with Crippen molar-refractivity contribution in [3.8, 4) is 5.75 Å². The van der Waals surface area contributed by atoms with Crippen LogP contribution >= 0.6 is 27.5 Å². The number of rotatable bonds is 10. The number of halogens is 2. The van der Waals surface area contributed by atoms with Crippen molar-refractivity contribution < 1.29 is 22.7 Å². The molecule has 41 heavy (non-hydrogen) atoms. The lowest BCUT2D eigenvalue weighted by molar-refractivity contribution is -0.140. The van der Waals surface area contributed by atoms with E-state index in [1.807, 2.05) is 52.0 Å². The van der Waals surface area contributed by atoms with E-state index in [2.05, 4.69) is 21.2 Å². The van der Waals surface area contributed by atoms with Crippen LogP contribution in [0.4, 0.5) is 5.69 Å². The normalized spacial score (nSPS) is 12.4. The van der Waals surface area contributed by atoms with E-state index in [0.717, 1.165) is 19.9 Å². The number of ether oxygens (including phenoxy) is 1. The minimum Gasteiger partial charge on any atom is -0.495 e. The molecule has 1 atom stereocenters. The fourth-order valence-corrected chi connectivity index (χ4v) is 6.17. The topological polar surface area (TPSA) is 96.0 Å². The SMILES string of the molecule is COc1ccc(N(CC(=O)N(Cc2cccc(Br)c2)[C@@H](C)C(=O)NC(C)(C)C)S(=O)(=O)c2ccc(C)cc2)cc1Cl. The van der Waals surface area contributed by atoms with Gasteiger partial charge in [-0.25, -0.2) is 8.42 Å². The maximum Gasteiger partial charge on any atom is 0.264 e. The second-order valence-corrected chi connectivity index (χ2v) is 13.9. The van der Waals surface area contributed by atoms with Gasteiger partial charge in [-0.2, -0.15) is 0 Å². The van der Waals surface area contributed by atoms with E-state index < -0.39 is 34.1 Å². The lowest BCUT2D eigenvalue weighted by Gasteiger charge is -2.33. The second kappa shape index (κ2) is 13.3. The van der Waals surface area contributed by atoms with E-state index in [-0.39, 0.29) is 28.1 Å². The van der Waals surface area contributed by atoms with E-state index in [9.17, 15) is 18.0 Å². The smallest absolute Gasteiger partial charge is 0.264 e. The number of amides is 2. The van der Waals surface area contributed by atoms with Crippen LogP contribution in [0.5, 0.6) is 5.75 Å². The number of sulfonamides is 1. The second-order valence-electron chi connectivity index (χ2n) is 10.7. The molecule has 0 aliphatic rings. The first kappa shape index (κ1) is 32.4. The molecule has 3 rings (SSSR count). The highest BCUT2D eigenvalue weighted by Crippen LogP contribution is 2.32. The highest BCUT2D eigenvalue weighted by atomic mass is 79.9. The summed E-state index contributed by atoms with van der Waals surface area (Å²) in [4.78, 5) is 28.6.